The first kappa shape index (κ1) is 14.5. The van der Waals surface area contributed by atoms with Crippen LogP contribution in [-0.2, 0) is 4.79 Å². The van der Waals surface area contributed by atoms with Crippen molar-refractivity contribution in [2.75, 3.05) is 5.32 Å². The van der Waals surface area contributed by atoms with Crippen LogP contribution in [0.25, 0.3) is 0 Å². The van der Waals surface area contributed by atoms with Gasteiger partial charge in [0.2, 0.25) is 0 Å². The van der Waals surface area contributed by atoms with E-state index in [1.165, 1.54) is 0 Å². The van der Waals surface area contributed by atoms with Crippen LogP contribution in [0.15, 0.2) is 46.9 Å². The van der Waals surface area contributed by atoms with Crippen molar-refractivity contribution in [1.29, 1.82) is 0 Å². The molecule has 2 aromatic carbocycles. The number of aliphatic carboxylic acids is 1. The number of rotatable bonds is 4. The lowest BCUT2D eigenvalue weighted by molar-refractivity contribution is -0.138. The molecule has 2 rings (SSSR count). The zero-order valence-corrected chi connectivity index (χ0v) is 11.7. The molecule has 20 heavy (non-hydrogen) atoms. The molecule has 0 aliphatic heterocycles. The molecule has 2 N–H and O–H groups in total. The van der Waals surface area contributed by atoms with Crippen LogP contribution in [0.5, 0.6) is 0 Å². The smallest absolute Gasteiger partial charge is 0.330 e. The lowest BCUT2D eigenvalue weighted by Gasteiger charge is -2.17. The number of anilines is 1. The van der Waals surface area contributed by atoms with Gasteiger partial charge in [0, 0.05) is 21.8 Å². The number of carbonyl (C=O) groups is 1. The van der Waals surface area contributed by atoms with E-state index in [4.69, 9.17) is 0 Å². The summed E-state index contributed by atoms with van der Waals surface area (Å²) in [5.74, 6) is -2.90. The lowest BCUT2D eigenvalue weighted by atomic mass is 10.1. The second-order valence-corrected chi connectivity index (χ2v) is 5.00. The number of carboxylic acid groups (broad SMARTS) is 1. The zero-order chi connectivity index (χ0) is 14.7. The van der Waals surface area contributed by atoms with Gasteiger partial charge in [-0.3, -0.25) is 0 Å². The van der Waals surface area contributed by atoms with Crippen molar-refractivity contribution in [3.63, 3.8) is 0 Å². The van der Waals surface area contributed by atoms with Gasteiger partial charge >= 0.3 is 5.97 Å². The Bertz CT molecular complexity index is 632. The predicted molar refractivity (Wildman–Crippen MR) is 74.5 cm³/mol. The first-order valence-electron chi connectivity index (χ1n) is 5.67. The molecule has 0 bridgehead atoms. The predicted octanol–water partition coefficient (Wildman–Crippen LogP) is 3.97. The molecule has 0 aliphatic rings. The first-order chi connectivity index (χ1) is 9.47. The van der Waals surface area contributed by atoms with E-state index >= 15 is 0 Å². The highest BCUT2D eigenvalue weighted by Gasteiger charge is 2.23. The third-order valence-corrected chi connectivity index (χ3v) is 3.20. The average molecular weight is 342 g/mol. The Morgan fingerprint density at radius 3 is 2.35 bits per heavy atom. The molecule has 6 heteroatoms. The molecule has 0 radical (unpaired) electrons. The van der Waals surface area contributed by atoms with Crippen molar-refractivity contribution in [3.05, 3.63) is 64.1 Å². The number of hydrogen-bond donors (Lipinski definition) is 2. The molecule has 3 nitrogen and oxygen atoms in total. The molecule has 1 unspecified atom stereocenters. The maximum absolute atomic E-state index is 13.7. The van der Waals surface area contributed by atoms with Crippen molar-refractivity contribution < 1.29 is 18.7 Å². The van der Waals surface area contributed by atoms with Gasteiger partial charge in [-0.1, -0.05) is 22.0 Å². The Kier molecular flexibility index (Phi) is 4.34. The summed E-state index contributed by atoms with van der Waals surface area (Å²) in [4.78, 5) is 11.3. The highest BCUT2D eigenvalue weighted by atomic mass is 79.9. The van der Waals surface area contributed by atoms with Gasteiger partial charge in [0.05, 0.1) is 0 Å². The zero-order valence-electron chi connectivity index (χ0n) is 10.1. The molecular formula is C14H10BrF2NO2. The van der Waals surface area contributed by atoms with Gasteiger partial charge in [0.25, 0.3) is 0 Å². The van der Waals surface area contributed by atoms with E-state index in [1.807, 2.05) is 0 Å². The van der Waals surface area contributed by atoms with Gasteiger partial charge in [0.15, 0.2) is 6.04 Å². The molecule has 0 heterocycles. The maximum atomic E-state index is 13.7. The number of halogens is 3. The summed E-state index contributed by atoms with van der Waals surface area (Å²) in [6.07, 6.45) is 0. The molecule has 0 amide bonds. The Hall–Kier alpha value is -1.95. The summed E-state index contributed by atoms with van der Waals surface area (Å²) in [7, 11) is 0. The Balaban J connectivity index is 2.31. The minimum Gasteiger partial charge on any atom is -0.479 e. The standard InChI is InChI=1S/C14H10BrF2NO2/c15-8-1-4-10(5-2-8)18-13(14(19)20)11-6-3-9(16)7-12(11)17/h1-7,13,18H,(H,19,20). The second-order valence-electron chi connectivity index (χ2n) is 4.09. The van der Waals surface area contributed by atoms with Crippen molar-refractivity contribution in [1.82, 2.24) is 0 Å². The fourth-order valence-electron chi connectivity index (χ4n) is 1.72. The van der Waals surface area contributed by atoms with Crippen LogP contribution in [0.1, 0.15) is 11.6 Å². The monoisotopic (exact) mass is 341 g/mol. The molecule has 0 spiro atoms. The minimum absolute atomic E-state index is 0.123. The van der Waals surface area contributed by atoms with E-state index in [0.29, 0.717) is 11.8 Å². The van der Waals surface area contributed by atoms with Crippen LogP contribution in [0, 0.1) is 11.6 Å². The maximum Gasteiger partial charge on any atom is 0.330 e. The first-order valence-corrected chi connectivity index (χ1v) is 6.46. The highest BCUT2D eigenvalue weighted by Crippen LogP contribution is 2.24. The summed E-state index contributed by atoms with van der Waals surface area (Å²) >= 11 is 3.26. The van der Waals surface area contributed by atoms with E-state index in [0.717, 1.165) is 16.6 Å². The van der Waals surface area contributed by atoms with Crippen LogP contribution in [0.4, 0.5) is 14.5 Å². The van der Waals surface area contributed by atoms with Crippen LogP contribution in [0.3, 0.4) is 0 Å². The molecule has 1 atom stereocenters. The molecule has 104 valence electrons. The Labute approximate surface area is 122 Å². The fraction of sp³-hybridized carbons (Fsp3) is 0.0714. The van der Waals surface area contributed by atoms with Crippen molar-refractivity contribution in [3.8, 4) is 0 Å². The van der Waals surface area contributed by atoms with Crippen molar-refractivity contribution in [2.45, 2.75) is 6.04 Å². The van der Waals surface area contributed by atoms with Gasteiger partial charge in [0.1, 0.15) is 11.6 Å². The fourth-order valence-corrected chi connectivity index (χ4v) is 1.99. The highest BCUT2D eigenvalue weighted by molar-refractivity contribution is 9.10. The molecular weight excluding hydrogens is 332 g/mol. The van der Waals surface area contributed by atoms with E-state index in [1.54, 1.807) is 24.3 Å². The van der Waals surface area contributed by atoms with Gasteiger partial charge < -0.3 is 10.4 Å². The van der Waals surface area contributed by atoms with E-state index < -0.39 is 23.6 Å². The third-order valence-electron chi connectivity index (χ3n) is 2.68. The molecule has 0 aromatic heterocycles. The van der Waals surface area contributed by atoms with Crippen LogP contribution in [-0.4, -0.2) is 11.1 Å². The Morgan fingerprint density at radius 2 is 1.80 bits per heavy atom. The molecule has 0 saturated heterocycles. The second kappa shape index (κ2) is 6.00. The molecule has 2 aromatic rings. The third kappa shape index (κ3) is 3.33. The molecule has 0 aliphatic carbocycles. The number of nitrogens with one attached hydrogen (secondary N) is 1. The summed E-state index contributed by atoms with van der Waals surface area (Å²) in [5, 5.41) is 11.9. The SMILES string of the molecule is O=C(O)C(Nc1ccc(Br)cc1)c1ccc(F)cc1F. The van der Waals surface area contributed by atoms with Gasteiger partial charge in [-0.25, -0.2) is 13.6 Å². The van der Waals surface area contributed by atoms with Gasteiger partial charge in [-0.2, -0.15) is 0 Å². The molecule has 0 saturated carbocycles. The summed E-state index contributed by atoms with van der Waals surface area (Å²) in [5.41, 5.74) is 0.395. The van der Waals surface area contributed by atoms with E-state index in [-0.39, 0.29) is 5.56 Å². The molecule has 0 fully saturated rings. The summed E-state index contributed by atoms with van der Waals surface area (Å²) in [6.45, 7) is 0. The summed E-state index contributed by atoms with van der Waals surface area (Å²) < 4.78 is 27.4. The van der Waals surface area contributed by atoms with E-state index in [2.05, 4.69) is 21.2 Å². The van der Waals surface area contributed by atoms with Crippen LogP contribution in [0.2, 0.25) is 0 Å². The number of benzene rings is 2. The average Bonchev–Trinajstić information content (AvgIpc) is 2.39. The minimum atomic E-state index is -1.29. The number of carboxylic acids is 1. The van der Waals surface area contributed by atoms with E-state index in [9.17, 15) is 18.7 Å². The van der Waals surface area contributed by atoms with Crippen LogP contribution < -0.4 is 5.32 Å². The van der Waals surface area contributed by atoms with Crippen LogP contribution >= 0.6 is 15.9 Å². The normalized spacial score (nSPS) is 11.9. The number of hydrogen-bond acceptors (Lipinski definition) is 2. The Morgan fingerprint density at radius 1 is 1.15 bits per heavy atom. The van der Waals surface area contributed by atoms with Crippen molar-refractivity contribution >= 4 is 27.6 Å². The largest absolute Gasteiger partial charge is 0.479 e. The van der Waals surface area contributed by atoms with Gasteiger partial charge in [-0.05, 0) is 30.3 Å². The van der Waals surface area contributed by atoms with Gasteiger partial charge in [-0.15, -0.1) is 0 Å². The topological polar surface area (TPSA) is 49.3 Å². The summed E-state index contributed by atoms with van der Waals surface area (Å²) in [6, 6.07) is 8.27. The lowest BCUT2D eigenvalue weighted by Crippen LogP contribution is -2.21. The van der Waals surface area contributed by atoms with Crippen molar-refractivity contribution in [2.24, 2.45) is 0 Å². The quantitative estimate of drug-likeness (QED) is 0.884.